The third-order valence-electron chi connectivity index (χ3n) is 5.68. The molecule has 3 rings (SSSR count). The van der Waals surface area contributed by atoms with E-state index in [4.69, 9.17) is 9.47 Å². The van der Waals surface area contributed by atoms with Gasteiger partial charge >= 0.3 is 5.97 Å². The number of piperidine rings is 1. The number of aromatic nitrogens is 1. The lowest BCUT2D eigenvalue weighted by atomic mass is 9.97. The summed E-state index contributed by atoms with van der Waals surface area (Å²) in [4.78, 5) is 17.8. The molecule has 1 aliphatic rings. The van der Waals surface area contributed by atoms with Gasteiger partial charge in [0.1, 0.15) is 5.82 Å². The van der Waals surface area contributed by atoms with Crippen molar-refractivity contribution in [1.29, 1.82) is 0 Å². The van der Waals surface area contributed by atoms with Crippen LogP contribution in [0.2, 0.25) is 0 Å². The number of hydrogen-bond acceptors (Lipinski definition) is 5. The zero-order valence-corrected chi connectivity index (χ0v) is 18.5. The number of carbonyl (C=O) groups excluding carboxylic acids is 1. The van der Waals surface area contributed by atoms with Crippen molar-refractivity contribution < 1.29 is 27.4 Å². The molecule has 0 unspecified atom stereocenters. The second-order valence-electron chi connectivity index (χ2n) is 8.04. The first-order chi connectivity index (χ1) is 15.3. The number of likely N-dealkylation sites (tertiary alicyclic amines) is 1. The van der Waals surface area contributed by atoms with Crippen LogP contribution in [0.5, 0.6) is 5.88 Å². The summed E-state index contributed by atoms with van der Waals surface area (Å²) in [6, 6.07) is 7.80. The van der Waals surface area contributed by atoms with E-state index < -0.39 is 17.7 Å². The Bertz CT molecular complexity index is 898. The molecule has 1 fully saturated rings. The topological polar surface area (TPSA) is 51.7 Å². The van der Waals surface area contributed by atoms with Crippen molar-refractivity contribution in [3.05, 3.63) is 47.9 Å². The van der Waals surface area contributed by atoms with E-state index in [0.29, 0.717) is 42.6 Å². The van der Waals surface area contributed by atoms with Crippen LogP contribution in [-0.2, 0) is 4.74 Å². The fourth-order valence-corrected chi connectivity index (χ4v) is 3.66. The first-order valence-electron chi connectivity index (χ1n) is 11.0. The van der Waals surface area contributed by atoms with Crippen molar-refractivity contribution >= 4 is 5.97 Å². The molecule has 174 valence electrons. The van der Waals surface area contributed by atoms with Gasteiger partial charge in [0, 0.05) is 24.2 Å². The zero-order valence-electron chi connectivity index (χ0n) is 18.5. The lowest BCUT2D eigenvalue weighted by Gasteiger charge is -2.33. The van der Waals surface area contributed by atoms with E-state index in [9.17, 15) is 18.0 Å². The molecule has 0 N–H and O–H groups in total. The molecule has 5 nitrogen and oxygen atoms in total. The number of benzene rings is 1. The lowest BCUT2D eigenvalue weighted by Crippen LogP contribution is -2.42. The van der Waals surface area contributed by atoms with E-state index >= 15 is 0 Å². The van der Waals surface area contributed by atoms with Crippen LogP contribution in [0, 0.1) is 11.7 Å². The first-order valence-corrected chi connectivity index (χ1v) is 11.0. The quantitative estimate of drug-likeness (QED) is 0.492. The van der Waals surface area contributed by atoms with E-state index in [2.05, 4.69) is 4.98 Å². The van der Waals surface area contributed by atoms with Crippen molar-refractivity contribution in [1.82, 2.24) is 9.88 Å². The maximum absolute atomic E-state index is 14.3. The van der Waals surface area contributed by atoms with Crippen molar-refractivity contribution in [2.75, 3.05) is 32.8 Å². The molecule has 0 saturated carbocycles. The smallest absolute Gasteiger partial charge is 0.341 e. The van der Waals surface area contributed by atoms with E-state index in [1.807, 2.05) is 4.90 Å². The highest BCUT2D eigenvalue weighted by Crippen LogP contribution is 2.26. The van der Waals surface area contributed by atoms with Gasteiger partial charge in [0.2, 0.25) is 5.88 Å². The second-order valence-corrected chi connectivity index (χ2v) is 8.04. The Morgan fingerprint density at radius 1 is 1.16 bits per heavy atom. The summed E-state index contributed by atoms with van der Waals surface area (Å²) in [6.45, 7) is 4.94. The molecular weight excluding hydrogens is 421 g/mol. The molecule has 8 heteroatoms. The highest BCUT2D eigenvalue weighted by Gasteiger charge is 2.31. The highest BCUT2D eigenvalue weighted by molar-refractivity contribution is 5.90. The standard InChI is InChI=1S/C24H29F3N2O3/c1-3-24(26,27)16-29-11-9-17(10-12-29)15-32-22-8-6-19(14-28-22)18-5-7-20(21(25)13-18)23(30)31-4-2/h5-8,13-14,17H,3-4,9-12,15-16H2,1-2H3. The monoisotopic (exact) mass is 450 g/mol. The van der Waals surface area contributed by atoms with Gasteiger partial charge in [-0.15, -0.1) is 0 Å². The average Bonchev–Trinajstić information content (AvgIpc) is 2.79. The molecule has 0 amide bonds. The van der Waals surface area contributed by atoms with Gasteiger partial charge in [-0.2, -0.15) is 0 Å². The van der Waals surface area contributed by atoms with Crippen LogP contribution in [0.25, 0.3) is 11.1 Å². The van der Waals surface area contributed by atoms with Crippen LogP contribution in [0.3, 0.4) is 0 Å². The molecule has 1 aromatic carbocycles. The number of esters is 1. The van der Waals surface area contributed by atoms with Crippen LogP contribution in [0.1, 0.15) is 43.5 Å². The number of hydrogen-bond donors (Lipinski definition) is 0. The SMILES string of the molecule is CCOC(=O)c1ccc(-c2ccc(OCC3CCN(CC(F)(F)CC)CC3)nc2)cc1F. The van der Waals surface area contributed by atoms with Crippen LogP contribution in [0.15, 0.2) is 36.5 Å². The summed E-state index contributed by atoms with van der Waals surface area (Å²) in [6.07, 6.45) is 3.07. The first kappa shape index (κ1) is 24.0. The Morgan fingerprint density at radius 3 is 2.47 bits per heavy atom. The molecule has 0 aliphatic carbocycles. The Morgan fingerprint density at radius 2 is 1.88 bits per heavy atom. The number of alkyl halides is 2. The molecule has 0 bridgehead atoms. The maximum Gasteiger partial charge on any atom is 0.341 e. The van der Waals surface area contributed by atoms with Gasteiger partial charge in [-0.3, -0.25) is 4.90 Å². The van der Waals surface area contributed by atoms with Crippen LogP contribution in [-0.4, -0.2) is 54.6 Å². The summed E-state index contributed by atoms with van der Waals surface area (Å²) in [7, 11) is 0. The molecule has 32 heavy (non-hydrogen) atoms. The Hall–Kier alpha value is -2.61. The third kappa shape index (κ3) is 6.45. The molecule has 0 atom stereocenters. The molecular formula is C24H29F3N2O3. The molecule has 1 aromatic heterocycles. The highest BCUT2D eigenvalue weighted by atomic mass is 19.3. The van der Waals surface area contributed by atoms with Crippen molar-refractivity contribution in [2.45, 2.75) is 39.0 Å². The average molecular weight is 451 g/mol. The maximum atomic E-state index is 14.3. The van der Waals surface area contributed by atoms with Crippen molar-refractivity contribution in [2.24, 2.45) is 5.92 Å². The number of pyridine rings is 1. The molecule has 0 spiro atoms. The van der Waals surface area contributed by atoms with Crippen LogP contribution >= 0.6 is 0 Å². The van der Waals surface area contributed by atoms with E-state index in [-0.39, 0.29) is 25.1 Å². The van der Waals surface area contributed by atoms with Gasteiger partial charge < -0.3 is 9.47 Å². The number of ether oxygens (including phenoxy) is 2. The van der Waals surface area contributed by atoms with Gasteiger partial charge in [0.05, 0.1) is 25.3 Å². The van der Waals surface area contributed by atoms with Crippen molar-refractivity contribution in [3.8, 4) is 17.0 Å². The van der Waals surface area contributed by atoms with Gasteiger partial charge in [-0.1, -0.05) is 13.0 Å². The van der Waals surface area contributed by atoms with Crippen molar-refractivity contribution in [3.63, 3.8) is 0 Å². The van der Waals surface area contributed by atoms with E-state index in [1.54, 1.807) is 31.3 Å². The second kappa shape index (κ2) is 10.8. The number of halogens is 3. The van der Waals surface area contributed by atoms with Crippen LogP contribution < -0.4 is 4.74 Å². The summed E-state index contributed by atoms with van der Waals surface area (Å²) >= 11 is 0. The van der Waals surface area contributed by atoms with E-state index in [1.165, 1.54) is 19.1 Å². The Balaban J connectivity index is 1.50. The minimum absolute atomic E-state index is 0.104. The molecule has 0 radical (unpaired) electrons. The fourth-order valence-electron chi connectivity index (χ4n) is 3.66. The minimum Gasteiger partial charge on any atom is -0.477 e. The molecule has 2 heterocycles. The number of nitrogens with zero attached hydrogens (tertiary/aromatic N) is 2. The predicted molar refractivity (Wildman–Crippen MR) is 115 cm³/mol. The molecule has 1 saturated heterocycles. The Kier molecular flexibility index (Phi) is 8.12. The summed E-state index contributed by atoms with van der Waals surface area (Å²) in [5.74, 6) is -3.21. The Labute approximate surface area is 186 Å². The lowest BCUT2D eigenvalue weighted by molar-refractivity contribution is -0.0428. The van der Waals surface area contributed by atoms with Gasteiger partial charge in [0.15, 0.2) is 0 Å². The van der Waals surface area contributed by atoms with Crippen LogP contribution in [0.4, 0.5) is 13.2 Å². The van der Waals surface area contributed by atoms with E-state index in [0.717, 1.165) is 12.8 Å². The zero-order chi connectivity index (χ0) is 23.1. The fraction of sp³-hybridized carbons (Fsp3) is 0.500. The number of rotatable bonds is 9. The molecule has 1 aliphatic heterocycles. The minimum atomic E-state index is -2.63. The summed E-state index contributed by atoms with van der Waals surface area (Å²) < 4.78 is 52.0. The van der Waals surface area contributed by atoms with Gasteiger partial charge in [-0.25, -0.2) is 22.9 Å². The summed E-state index contributed by atoms with van der Waals surface area (Å²) in [5.41, 5.74) is 1.18. The third-order valence-corrected chi connectivity index (χ3v) is 5.68. The largest absolute Gasteiger partial charge is 0.477 e. The van der Waals surface area contributed by atoms with Gasteiger partial charge in [0.25, 0.3) is 5.92 Å². The summed E-state index contributed by atoms with van der Waals surface area (Å²) in [5, 5.41) is 0. The normalized spacial score (nSPS) is 15.5. The molecule has 2 aromatic rings. The van der Waals surface area contributed by atoms with Gasteiger partial charge in [-0.05, 0) is 62.5 Å². The number of carbonyl (C=O) groups is 1. The predicted octanol–water partition coefficient (Wildman–Crippen LogP) is 5.20.